The van der Waals surface area contributed by atoms with Gasteiger partial charge in [0.2, 0.25) is 5.91 Å². The lowest BCUT2D eigenvalue weighted by molar-refractivity contribution is -0.116. The number of nitrogens with zero attached hydrogens (tertiary/aromatic N) is 3. The standard InChI is InChI=1S/C23H22ClN5OS/c24-19-4-1-16(2-5-19)9-11-29-14-20(27-28-29)6-8-23(30)26-22-13-17(3-7-21(22)25)18-10-12-31-15-18/h1-5,7,10,12-15H,6,8-9,11,25H2,(H,26,30). The SMILES string of the molecule is Nc1ccc(-c2ccsc2)cc1NC(=O)CCc1cn(CCc2ccc(Cl)cc2)nn1. The molecule has 2 aromatic carbocycles. The van der Waals surface area contributed by atoms with E-state index in [1.807, 2.05) is 60.1 Å². The number of benzene rings is 2. The second-order valence-electron chi connectivity index (χ2n) is 7.21. The van der Waals surface area contributed by atoms with Gasteiger partial charge in [-0.3, -0.25) is 9.48 Å². The molecule has 0 unspecified atom stereocenters. The number of hydrogen-bond donors (Lipinski definition) is 2. The van der Waals surface area contributed by atoms with Crippen LogP contribution in [0.2, 0.25) is 5.02 Å². The Morgan fingerprint density at radius 1 is 1.10 bits per heavy atom. The van der Waals surface area contributed by atoms with Gasteiger partial charge >= 0.3 is 0 Å². The molecule has 0 aliphatic heterocycles. The zero-order chi connectivity index (χ0) is 21.6. The lowest BCUT2D eigenvalue weighted by atomic mass is 10.1. The fourth-order valence-electron chi connectivity index (χ4n) is 3.18. The maximum atomic E-state index is 12.5. The number of amides is 1. The van der Waals surface area contributed by atoms with Crippen LogP contribution < -0.4 is 11.1 Å². The largest absolute Gasteiger partial charge is 0.397 e. The van der Waals surface area contributed by atoms with Gasteiger partial charge in [0, 0.05) is 30.6 Å². The predicted molar refractivity (Wildman–Crippen MR) is 126 cm³/mol. The summed E-state index contributed by atoms with van der Waals surface area (Å²) in [4.78, 5) is 12.5. The topological polar surface area (TPSA) is 85.8 Å². The quantitative estimate of drug-likeness (QED) is 0.367. The molecule has 1 amide bonds. The summed E-state index contributed by atoms with van der Waals surface area (Å²) in [6.07, 6.45) is 3.53. The Labute approximate surface area is 189 Å². The number of nitrogens with two attached hydrogens (primary N) is 1. The number of carbonyl (C=O) groups excluding carboxylic acids is 1. The molecule has 6 nitrogen and oxygen atoms in total. The Balaban J connectivity index is 1.29. The monoisotopic (exact) mass is 451 g/mol. The van der Waals surface area contributed by atoms with Gasteiger partial charge in [0.15, 0.2) is 0 Å². The average molecular weight is 452 g/mol. The van der Waals surface area contributed by atoms with Crippen molar-refractivity contribution in [3.05, 3.63) is 81.8 Å². The lowest BCUT2D eigenvalue weighted by Gasteiger charge is -2.10. The third kappa shape index (κ3) is 5.71. The molecule has 0 saturated heterocycles. The van der Waals surface area contributed by atoms with E-state index in [0.717, 1.165) is 28.3 Å². The molecule has 31 heavy (non-hydrogen) atoms. The minimum Gasteiger partial charge on any atom is -0.397 e. The molecule has 3 N–H and O–H groups in total. The summed E-state index contributed by atoms with van der Waals surface area (Å²) in [5, 5.41) is 16.1. The first-order chi connectivity index (χ1) is 15.1. The zero-order valence-electron chi connectivity index (χ0n) is 16.8. The van der Waals surface area contributed by atoms with Gasteiger partial charge < -0.3 is 11.1 Å². The summed E-state index contributed by atoms with van der Waals surface area (Å²) >= 11 is 7.55. The number of nitrogens with one attached hydrogen (secondary N) is 1. The van der Waals surface area contributed by atoms with Gasteiger partial charge in [-0.25, -0.2) is 0 Å². The van der Waals surface area contributed by atoms with Crippen molar-refractivity contribution in [2.24, 2.45) is 0 Å². The normalized spacial score (nSPS) is 10.9. The number of thiophene rings is 1. The summed E-state index contributed by atoms with van der Waals surface area (Å²) in [6, 6.07) is 15.5. The van der Waals surface area contributed by atoms with Crippen LogP contribution in [0.4, 0.5) is 11.4 Å². The third-order valence-corrected chi connectivity index (χ3v) is 5.85. The highest BCUT2D eigenvalue weighted by Crippen LogP contribution is 2.28. The molecule has 0 radical (unpaired) electrons. The van der Waals surface area contributed by atoms with E-state index in [9.17, 15) is 4.79 Å². The summed E-state index contributed by atoms with van der Waals surface area (Å²) in [5.41, 5.74) is 11.3. The molecule has 0 bridgehead atoms. The fourth-order valence-corrected chi connectivity index (χ4v) is 3.98. The smallest absolute Gasteiger partial charge is 0.224 e. The van der Waals surface area contributed by atoms with Crippen LogP contribution in [0.1, 0.15) is 17.7 Å². The Morgan fingerprint density at radius 3 is 2.71 bits per heavy atom. The number of anilines is 2. The Morgan fingerprint density at radius 2 is 1.94 bits per heavy atom. The van der Waals surface area contributed by atoms with Crippen molar-refractivity contribution in [1.29, 1.82) is 0 Å². The van der Waals surface area contributed by atoms with Gasteiger partial charge in [-0.2, -0.15) is 11.3 Å². The summed E-state index contributed by atoms with van der Waals surface area (Å²) in [7, 11) is 0. The van der Waals surface area contributed by atoms with E-state index in [0.29, 0.717) is 30.8 Å². The first kappa shape index (κ1) is 21.1. The van der Waals surface area contributed by atoms with Crippen LogP contribution in [-0.2, 0) is 24.2 Å². The van der Waals surface area contributed by atoms with E-state index >= 15 is 0 Å². The first-order valence-electron chi connectivity index (χ1n) is 9.92. The molecule has 0 aliphatic rings. The lowest BCUT2D eigenvalue weighted by Crippen LogP contribution is -2.13. The summed E-state index contributed by atoms with van der Waals surface area (Å²) < 4.78 is 1.80. The number of hydrogen-bond acceptors (Lipinski definition) is 5. The van der Waals surface area contributed by atoms with Crippen molar-refractivity contribution < 1.29 is 4.79 Å². The molecule has 4 rings (SSSR count). The van der Waals surface area contributed by atoms with Gasteiger partial charge in [-0.05, 0) is 64.2 Å². The van der Waals surface area contributed by atoms with E-state index in [2.05, 4.69) is 21.0 Å². The van der Waals surface area contributed by atoms with Crippen molar-refractivity contribution in [2.45, 2.75) is 25.8 Å². The predicted octanol–water partition coefficient (Wildman–Crippen LogP) is 5.06. The highest BCUT2D eigenvalue weighted by Gasteiger charge is 2.10. The number of carbonyl (C=O) groups is 1. The van der Waals surface area contributed by atoms with Gasteiger partial charge in [-0.1, -0.05) is 35.0 Å². The first-order valence-corrected chi connectivity index (χ1v) is 11.2. The van der Waals surface area contributed by atoms with Crippen LogP contribution in [0, 0.1) is 0 Å². The molecular weight excluding hydrogens is 430 g/mol. The van der Waals surface area contributed by atoms with E-state index < -0.39 is 0 Å². The minimum absolute atomic E-state index is 0.107. The van der Waals surface area contributed by atoms with Crippen molar-refractivity contribution >= 4 is 40.2 Å². The van der Waals surface area contributed by atoms with Crippen molar-refractivity contribution in [3.8, 4) is 11.1 Å². The number of halogens is 1. The van der Waals surface area contributed by atoms with Gasteiger partial charge in [-0.15, -0.1) is 5.10 Å². The van der Waals surface area contributed by atoms with Crippen LogP contribution in [-0.4, -0.2) is 20.9 Å². The molecule has 8 heteroatoms. The van der Waals surface area contributed by atoms with Crippen molar-refractivity contribution in [3.63, 3.8) is 0 Å². The number of rotatable bonds is 8. The van der Waals surface area contributed by atoms with Crippen molar-refractivity contribution in [1.82, 2.24) is 15.0 Å². The Hall–Kier alpha value is -3.16. The van der Waals surface area contributed by atoms with E-state index in [4.69, 9.17) is 17.3 Å². The third-order valence-electron chi connectivity index (χ3n) is 4.92. The molecule has 4 aromatic rings. The van der Waals surface area contributed by atoms with E-state index in [-0.39, 0.29) is 5.91 Å². The summed E-state index contributed by atoms with van der Waals surface area (Å²) in [5.74, 6) is -0.107. The van der Waals surface area contributed by atoms with Gasteiger partial charge in [0.1, 0.15) is 0 Å². The molecule has 0 atom stereocenters. The minimum atomic E-state index is -0.107. The van der Waals surface area contributed by atoms with E-state index in [1.54, 1.807) is 16.0 Å². The highest BCUT2D eigenvalue weighted by atomic mass is 35.5. The highest BCUT2D eigenvalue weighted by molar-refractivity contribution is 7.08. The molecule has 0 fully saturated rings. The second-order valence-corrected chi connectivity index (χ2v) is 8.43. The zero-order valence-corrected chi connectivity index (χ0v) is 18.4. The molecule has 0 saturated carbocycles. The van der Waals surface area contributed by atoms with E-state index in [1.165, 1.54) is 5.56 Å². The van der Waals surface area contributed by atoms with Crippen molar-refractivity contribution in [2.75, 3.05) is 11.1 Å². The molecule has 0 spiro atoms. The van der Waals surface area contributed by atoms with Gasteiger partial charge in [0.05, 0.1) is 17.1 Å². The van der Waals surface area contributed by atoms with Gasteiger partial charge in [0.25, 0.3) is 0 Å². The maximum Gasteiger partial charge on any atom is 0.224 e. The average Bonchev–Trinajstić information content (AvgIpc) is 3.46. The van der Waals surface area contributed by atoms with Crippen LogP contribution >= 0.6 is 22.9 Å². The molecule has 2 aromatic heterocycles. The second kappa shape index (κ2) is 9.76. The Bertz CT molecular complexity index is 1160. The number of aryl methyl sites for hydroxylation is 3. The molecule has 158 valence electrons. The van der Waals surface area contributed by atoms with Crippen LogP contribution in [0.5, 0.6) is 0 Å². The molecule has 2 heterocycles. The van der Waals surface area contributed by atoms with Crippen LogP contribution in [0.15, 0.2) is 65.5 Å². The fraction of sp³-hybridized carbons (Fsp3) is 0.174. The molecule has 0 aliphatic carbocycles. The van der Waals surface area contributed by atoms with Crippen LogP contribution in [0.25, 0.3) is 11.1 Å². The number of aromatic nitrogens is 3. The maximum absolute atomic E-state index is 12.5. The van der Waals surface area contributed by atoms with Crippen LogP contribution in [0.3, 0.4) is 0 Å². The molecular formula is C23H22ClN5OS. The summed E-state index contributed by atoms with van der Waals surface area (Å²) in [6.45, 7) is 0.715. The Kier molecular flexibility index (Phi) is 6.64. The number of nitrogen functional groups attached to an aromatic ring is 1.